The van der Waals surface area contributed by atoms with Crippen LogP contribution in [0.15, 0.2) is 48.5 Å². The molecule has 0 radical (unpaired) electrons. The molecule has 106 valence electrons. The zero-order valence-corrected chi connectivity index (χ0v) is 11.6. The fourth-order valence-electron chi connectivity index (χ4n) is 2.32. The van der Waals surface area contributed by atoms with Crippen LogP contribution in [-0.4, -0.2) is 13.1 Å². The third kappa shape index (κ3) is 3.87. The topological polar surface area (TPSA) is 12.0 Å². The largest absolute Gasteiger partial charge is 0.316 e. The maximum absolute atomic E-state index is 13.8. The minimum atomic E-state index is -0.252. The molecule has 2 aromatic carbocycles. The lowest BCUT2D eigenvalue weighted by molar-refractivity contribution is 0.557. The fraction of sp³-hybridized carbons (Fsp3) is 0.294. The second-order valence-electron chi connectivity index (χ2n) is 4.86. The Kier molecular flexibility index (Phi) is 5.24. The molecular formula is C17H19F2N. The van der Waals surface area contributed by atoms with Gasteiger partial charge in [0.05, 0.1) is 0 Å². The van der Waals surface area contributed by atoms with Crippen LogP contribution < -0.4 is 5.32 Å². The molecule has 0 spiro atoms. The van der Waals surface area contributed by atoms with Gasteiger partial charge in [0.1, 0.15) is 11.6 Å². The van der Waals surface area contributed by atoms with Crippen molar-refractivity contribution in [3.05, 3.63) is 71.3 Å². The van der Waals surface area contributed by atoms with Crippen LogP contribution in [0.25, 0.3) is 0 Å². The van der Waals surface area contributed by atoms with E-state index in [2.05, 4.69) is 5.32 Å². The quantitative estimate of drug-likeness (QED) is 0.843. The molecule has 0 aliphatic carbocycles. The van der Waals surface area contributed by atoms with E-state index in [0.717, 1.165) is 12.1 Å². The Morgan fingerprint density at radius 2 is 1.85 bits per heavy atom. The first kappa shape index (κ1) is 14.7. The van der Waals surface area contributed by atoms with Gasteiger partial charge in [0, 0.05) is 12.5 Å². The van der Waals surface area contributed by atoms with Gasteiger partial charge in [-0.15, -0.1) is 0 Å². The number of halogens is 2. The second-order valence-corrected chi connectivity index (χ2v) is 4.86. The van der Waals surface area contributed by atoms with E-state index in [4.69, 9.17) is 0 Å². The molecule has 1 N–H and O–H groups in total. The number of hydrogen-bond acceptors (Lipinski definition) is 1. The lowest BCUT2D eigenvalue weighted by Crippen LogP contribution is -2.23. The number of likely N-dealkylation sites (N-methyl/N-ethyl adjacent to an activating group) is 1. The van der Waals surface area contributed by atoms with Gasteiger partial charge >= 0.3 is 0 Å². The summed E-state index contributed by atoms with van der Waals surface area (Å²) in [5.74, 6) is -0.398. The standard InChI is InChI=1S/C17H19F2N/c1-2-20-12-15(13-7-5-8-16(18)11-13)10-14-6-3-4-9-17(14)19/h3-9,11,15,20H,2,10,12H2,1H3. The summed E-state index contributed by atoms with van der Waals surface area (Å²) in [6.07, 6.45) is 0.559. The molecule has 0 aliphatic heterocycles. The van der Waals surface area contributed by atoms with Crippen LogP contribution in [0.4, 0.5) is 8.78 Å². The highest BCUT2D eigenvalue weighted by Gasteiger charge is 2.14. The molecule has 20 heavy (non-hydrogen) atoms. The Labute approximate surface area is 118 Å². The highest BCUT2D eigenvalue weighted by atomic mass is 19.1. The molecule has 1 unspecified atom stereocenters. The third-order valence-corrected chi connectivity index (χ3v) is 3.38. The van der Waals surface area contributed by atoms with Crippen molar-refractivity contribution >= 4 is 0 Å². The van der Waals surface area contributed by atoms with E-state index in [-0.39, 0.29) is 17.6 Å². The molecule has 0 fully saturated rings. The SMILES string of the molecule is CCNCC(Cc1ccccc1F)c1cccc(F)c1. The van der Waals surface area contributed by atoms with Crippen molar-refractivity contribution in [1.29, 1.82) is 0 Å². The number of nitrogens with one attached hydrogen (secondary N) is 1. The molecule has 0 aliphatic rings. The van der Waals surface area contributed by atoms with Crippen molar-refractivity contribution < 1.29 is 8.78 Å². The predicted octanol–water partition coefficient (Wildman–Crippen LogP) is 3.90. The van der Waals surface area contributed by atoms with Gasteiger partial charge in [0.15, 0.2) is 0 Å². The van der Waals surface area contributed by atoms with Gasteiger partial charge in [-0.2, -0.15) is 0 Å². The van der Waals surface area contributed by atoms with Crippen molar-refractivity contribution in [2.24, 2.45) is 0 Å². The lowest BCUT2D eigenvalue weighted by atomic mass is 9.91. The average molecular weight is 275 g/mol. The maximum Gasteiger partial charge on any atom is 0.126 e. The Morgan fingerprint density at radius 3 is 2.55 bits per heavy atom. The van der Waals surface area contributed by atoms with Gasteiger partial charge in [-0.25, -0.2) is 8.78 Å². The smallest absolute Gasteiger partial charge is 0.126 e. The highest BCUT2D eigenvalue weighted by Crippen LogP contribution is 2.22. The van der Waals surface area contributed by atoms with Gasteiger partial charge in [0.25, 0.3) is 0 Å². The first-order valence-corrected chi connectivity index (χ1v) is 6.90. The summed E-state index contributed by atoms with van der Waals surface area (Å²) in [5, 5.41) is 3.26. The van der Waals surface area contributed by atoms with Crippen molar-refractivity contribution in [2.45, 2.75) is 19.3 Å². The molecule has 0 bridgehead atoms. The highest BCUT2D eigenvalue weighted by molar-refractivity contribution is 5.26. The van der Waals surface area contributed by atoms with E-state index in [1.165, 1.54) is 18.2 Å². The lowest BCUT2D eigenvalue weighted by Gasteiger charge is -2.18. The zero-order chi connectivity index (χ0) is 14.4. The van der Waals surface area contributed by atoms with Crippen LogP contribution in [0.1, 0.15) is 24.0 Å². The number of hydrogen-bond donors (Lipinski definition) is 1. The number of benzene rings is 2. The molecular weight excluding hydrogens is 256 g/mol. The van der Waals surface area contributed by atoms with Gasteiger partial charge in [-0.05, 0) is 42.3 Å². The first-order chi connectivity index (χ1) is 9.70. The van der Waals surface area contributed by atoms with Gasteiger partial charge in [-0.3, -0.25) is 0 Å². The summed E-state index contributed by atoms with van der Waals surface area (Å²) in [6.45, 7) is 3.56. The fourth-order valence-corrected chi connectivity index (χ4v) is 2.32. The molecule has 0 aromatic heterocycles. The summed E-state index contributed by atoms with van der Waals surface area (Å²) in [5.41, 5.74) is 1.56. The monoisotopic (exact) mass is 275 g/mol. The predicted molar refractivity (Wildman–Crippen MR) is 77.8 cm³/mol. The van der Waals surface area contributed by atoms with Gasteiger partial charge in [-0.1, -0.05) is 37.3 Å². The van der Waals surface area contributed by atoms with Gasteiger partial charge < -0.3 is 5.32 Å². The van der Waals surface area contributed by atoms with Crippen molar-refractivity contribution in [3.8, 4) is 0 Å². The second kappa shape index (κ2) is 7.15. The maximum atomic E-state index is 13.8. The molecule has 3 heteroatoms. The first-order valence-electron chi connectivity index (χ1n) is 6.90. The third-order valence-electron chi connectivity index (χ3n) is 3.38. The van der Waals surface area contributed by atoms with Crippen LogP contribution in [0.2, 0.25) is 0 Å². The molecule has 2 aromatic rings. The summed E-state index contributed by atoms with van der Waals surface area (Å²) in [4.78, 5) is 0. The molecule has 1 atom stereocenters. The van der Waals surface area contributed by atoms with E-state index >= 15 is 0 Å². The molecule has 0 amide bonds. The van der Waals surface area contributed by atoms with E-state index in [9.17, 15) is 8.78 Å². The summed E-state index contributed by atoms with van der Waals surface area (Å²) < 4.78 is 27.1. The normalized spacial score (nSPS) is 12.3. The number of rotatable bonds is 6. The van der Waals surface area contributed by atoms with Crippen molar-refractivity contribution in [3.63, 3.8) is 0 Å². The van der Waals surface area contributed by atoms with E-state index in [1.807, 2.05) is 19.1 Å². The van der Waals surface area contributed by atoms with Crippen LogP contribution in [0, 0.1) is 11.6 Å². The molecule has 0 heterocycles. The Morgan fingerprint density at radius 1 is 1.05 bits per heavy atom. The minimum absolute atomic E-state index is 0.0579. The summed E-state index contributed by atoms with van der Waals surface area (Å²) in [7, 11) is 0. The van der Waals surface area contributed by atoms with Crippen LogP contribution in [-0.2, 0) is 6.42 Å². The van der Waals surface area contributed by atoms with E-state index in [1.54, 1.807) is 18.2 Å². The van der Waals surface area contributed by atoms with Crippen LogP contribution >= 0.6 is 0 Å². The Balaban J connectivity index is 2.21. The average Bonchev–Trinajstić information content (AvgIpc) is 2.45. The van der Waals surface area contributed by atoms with Crippen LogP contribution in [0.5, 0.6) is 0 Å². The molecule has 1 nitrogen and oxygen atoms in total. The van der Waals surface area contributed by atoms with E-state index < -0.39 is 0 Å². The molecule has 0 saturated heterocycles. The van der Waals surface area contributed by atoms with E-state index in [0.29, 0.717) is 18.5 Å². The molecule has 0 saturated carbocycles. The zero-order valence-electron chi connectivity index (χ0n) is 11.6. The Bertz CT molecular complexity index is 554. The van der Waals surface area contributed by atoms with Crippen LogP contribution in [0.3, 0.4) is 0 Å². The summed E-state index contributed by atoms with van der Waals surface area (Å²) >= 11 is 0. The summed E-state index contributed by atoms with van der Waals surface area (Å²) in [6, 6.07) is 13.3. The Hall–Kier alpha value is -1.74. The van der Waals surface area contributed by atoms with Gasteiger partial charge in [0.2, 0.25) is 0 Å². The minimum Gasteiger partial charge on any atom is -0.316 e. The molecule has 2 rings (SSSR count). The van der Waals surface area contributed by atoms with Crippen molar-refractivity contribution in [2.75, 3.05) is 13.1 Å². The van der Waals surface area contributed by atoms with Crippen molar-refractivity contribution in [1.82, 2.24) is 5.32 Å².